The van der Waals surface area contributed by atoms with Gasteiger partial charge in [0.05, 0.1) is 18.5 Å². The minimum absolute atomic E-state index is 0.263. The number of fused-ring (bicyclic) bond motifs is 1. The first-order valence-electron chi connectivity index (χ1n) is 6.16. The van der Waals surface area contributed by atoms with Gasteiger partial charge in [-0.2, -0.15) is 0 Å². The Labute approximate surface area is 111 Å². The molecule has 0 aliphatic carbocycles. The van der Waals surface area contributed by atoms with Gasteiger partial charge in [0.2, 0.25) is 5.71 Å². The van der Waals surface area contributed by atoms with Crippen LogP contribution in [-0.2, 0) is 9.53 Å². The van der Waals surface area contributed by atoms with E-state index < -0.39 is 17.5 Å². The summed E-state index contributed by atoms with van der Waals surface area (Å²) < 4.78 is 10.4. The van der Waals surface area contributed by atoms with E-state index in [9.17, 15) is 9.90 Å². The number of esters is 1. The second-order valence-corrected chi connectivity index (χ2v) is 4.89. The predicted molar refractivity (Wildman–Crippen MR) is 69.7 cm³/mol. The Morgan fingerprint density at radius 3 is 2.95 bits per heavy atom. The van der Waals surface area contributed by atoms with Gasteiger partial charge in [-0.3, -0.25) is 4.79 Å². The lowest BCUT2D eigenvalue weighted by atomic mass is 9.85. The summed E-state index contributed by atoms with van der Waals surface area (Å²) in [6, 6.07) is 3.56. The maximum absolute atomic E-state index is 12.1. The summed E-state index contributed by atoms with van der Waals surface area (Å²) in [6.45, 7) is 5.14. The van der Waals surface area contributed by atoms with E-state index >= 15 is 0 Å². The fourth-order valence-corrected chi connectivity index (χ4v) is 2.13. The molecule has 0 radical (unpaired) electrons. The summed E-state index contributed by atoms with van der Waals surface area (Å²) in [7, 11) is 0. The Kier molecular flexibility index (Phi) is 3.57. The third kappa shape index (κ3) is 2.61. The molecule has 0 fully saturated rings. The van der Waals surface area contributed by atoms with Crippen molar-refractivity contribution in [2.75, 3.05) is 6.61 Å². The number of ether oxygens (including phenoxy) is 1. The molecule has 0 aromatic carbocycles. The number of pyridine rings is 1. The van der Waals surface area contributed by atoms with Crippen molar-refractivity contribution in [3.8, 4) is 0 Å². The molecule has 5 nitrogen and oxygen atoms in total. The number of furan rings is 1. The average Bonchev–Trinajstić information content (AvgIpc) is 2.72. The second kappa shape index (κ2) is 5.01. The first kappa shape index (κ1) is 13.5. The van der Waals surface area contributed by atoms with Gasteiger partial charge in [-0.1, -0.05) is 0 Å². The van der Waals surface area contributed by atoms with E-state index in [1.54, 1.807) is 39.1 Å². The molecular weight excluding hydrogens is 246 g/mol. The zero-order chi connectivity index (χ0) is 14.0. The normalized spacial score (nSPS) is 13.5. The van der Waals surface area contributed by atoms with Crippen LogP contribution in [0.4, 0.5) is 0 Å². The number of aliphatic hydroxyl groups is 1. The van der Waals surface area contributed by atoms with Crippen LogP contribution in [-0.4, -0.2) is 28.3 Å². The monoisotopic (exact) mass is 263 g/mol. The van der Waals surface area contributed by atoms with Gasteiger partial charge in [0.1, 0.15) is 5.92 Å². The van der Waals surface area contributed by atoms with Crippen LogP contribution in [0.3, 0.4) is 0 Å². The summed E-state index contributed by atoms with van der Waals surface area (Å²) in [6.07, 6.45) is 3.07. The smallest absolute Gasteiger partial charge is 0.316 e. The van der Waals surface area contributed by atoms with E-state index in [1.807, 2.05) is 0 Å². The zero-order valence-electron chi connectivity index (χ0n) is 11.2. The first-order chi connectivity index (χ1) is 8.95. The lowest BCUT2D eigenvalue weighted by molar-refractivity contribution is -0.150. The molecule has 0 spiro atoms. The van der Waals surface area contributed by atoms with Gasteiger partial charge in [0, 0.05) is 17.1 Å². The highest BCUT2D eigenvalue weighted by atomic mass is 16.5. The third-order valence-corrected chi connectivity index (χ3v) is 2.92. The number of hydrogen-bond donors (Lipinski definition) is 1. The lowest BCUT2D eigenvalue weighted by Gasteiger charge is -2.26. The van der Waals surface area contributed by atoms with Crippen LogP contribution < -0.4 is 0 Å². The molecule has 1 N–H and O–H groups in total. The molecule has 0 saturated carbocycles. The summed E-state index contributed by atoms with van der Waals surface area (Å²) in [5.41, 5.74) is -0.219. The highest BCUT2D eigenvalue weighted by Gasteiger charge is 2.38. The van der Waals surface area contributed by atoms with Gasteiger partial charge in [0.25, 0.3) is 0 Å². The van der Waals surface area contributed by atoms with E-state index in [1.165, 1.54) is 6.26 Å². The van der Waals surface area contributed by atoms with Crippen LogP contribution in [0.1, 0.15) is 32.3 Å². The highest BCUT2D eigenvalue weighted by Crippen LogP contribution is 2.34. The van der Waals surface area contributed by atoms with Crippen LogP contribution in [0.25, 0.3) is 11.1 Å². The van der Waals surface area contributed by atoms with E-state index in [-0.39, 0.29) is 6.61 Å². The van der Waals surface area contributed by atoms with Crippen LogP contribution in [0.5, 0.6) is 0 Å². The average molecular weight is 263 g/mol. The van der Waals surface area contributed by atoms with Gasteiger partial charge in [-0.05, 0) is 32.9 Å². The number of rotatable bonds is 4. The molecule has 5 heteroatoms. The summed E-state index contributed by atoms with van der Waals surface area (Å²) in [5.74, 6) is -1.28. The third-order valence-electron chi connectivity index (χ3n) is 2.92. The first-order valence-corrected chi connectivity index (χ1v) is 6.16. The molecule has 2 aromatic rings. The largest absolute Gasteiger partial charge is 0.465 e. The molecule has 2 rings (SSSR count). The van der Waals surface area contributed by atoms with Crippen LogP contribution in [0, 0.1) is 0 Å². The number of nitrogens with zero attached hydrogens (tertiary/aromatic N) is 1. The van der Waals surface area contributed by atoms with Gasteiger partial charge >= 0.3 is 5.97 Å². The summed E-state index contributed by atoms with van der Waals surface area (Å²) >= 11 is 0. The van der Waals surface area contributed by atoms with Crippen molar-refractivity contribution < 1.29 is 19.1 Å². The van der Waals surface area contributed by atoms with Gasteiger partial charge in [0.15, 0.2) is 0 Å². The molecule has 19 heavy (non-hydrogen) atoms. The molecular formula is C14H17NO4. The van der Waals surface area contributed by atoms with Crippen molar-refractivity contribution in [3.63, 3.8) is 0 Å². The van der Waals surface area contributed by atoms with Crippen LogP contribution >= 0.6 is 0 Å². The molecule has 0 bridgehead atoms. The van der Waals surface area contributed by atoms with E-state index in [0.717, 1.165) is 0 Å². The number of carbonyl (C=O) groups excluding carboxylic acids is 1. The van der Waals surface area contributed by atoms with Gasteiger partial charge in [-0.15, -0.1) is 0 Å². The van der Waals surface area contributed by atoms with Crippen molar-refractivity contribution in [3.05, 3.63) is 30.2 Å². The van der Waals surface area contributed by atoms with E-state index in [4.69, 9.17) is 9.15 Å². The maximum Gasteiger partial charge on any atom is 0.316 e. The van der Waals surface area contributed by atoms with Crippen molar-refractivity contribution in [1.82, 2.24) is 4.98 Å². The summed E-state index contributed by atoms with van der Waals surface area (Å²) in [5, 5.41) is 11.0. The second-order valence-electron chi connectivity index (χ2n) is 4.89. The lowest BCUT2D eigenvalue weighted by Crippen LogP contribution is -2.35. The Balaban J connectivity index is 2.52. The minimum Gasteiger partial charge on any atom is -0.465 e. The van der Waals surface area contributed by atoms with Crippen molar-refractivity contribution >= 4 is 17.1 Å². The highest BCUT2D eigenvalue weighted by molar-refractivity contribution is 5.88. The Hall–Kier alpha value is -1.88. The molecule has 1 unspecified atom stereocenters. The molecule has 2 heterocycles. The fourth-order valence-electron chi connectivity index (χ4n) is 2.13. The Morgan fingerprint density at radius 1 is 1.58 bits per heavy atom. The van der Waals surface area contributed by atoms with Gasteiger partial charge in [-0.25, -0.2) is 4.98 Å². The Morgan fingerprint density at radius 2 is 2.32 bits per heavy atom. The molecule has 0 amide bonds. The number of carbonyl (C=O) groups is 1. The SMILES string of the molecule is CCOC(=O)C(c1coc2ncccc12)C(C)(C)O. The van der Waals surface area contributed by atoms with Crippen LogP contribution in [0.15, 0.2) is 29.0 Å². The van der Waals surface area contributed by atoms with E-state index in [2.05, 4.69) is 4.98 Å². The quantitative estimate of drug-likeness (QED) is 0.856. The minimum atomic E-state index is -1.25. The molecule has 1 atom stereocenters. The Bertz CT molecular complexity index is 582. The zero-order valence-corrected chi connectivity index (χ0v) is 11.2. The molecule has 102 valence electrons. The standard InChI is InChI=1S/C14H17NO4/c1-4-18-13(16)11(14(2,3)17)10-8-19-12-9(10)6-5-7-15-12/h5-8,11,17H,4H2,1-3H3. The van der Waals surface area contributed by atoms with Crippen LogP contribution in [0.2, 0.25) is 0 Å². The van der Waals surface area contributed by atoms with Gasteiger partial charge < -0.3 is 14.3 Å². The predicted octanol–water partition coefficient (Wildman–Crippen LogP) is 2.25. The summed E-state index contributed by atoms with van der Waals surface area (Å²) in [4.78, 5) is 16.2. The van der Waals surface area contributed by atoms with Crippen molar-refractivity contribution in [2.24, 2.45) is 0 Å². The molecule has 0 saturated heterocycles. The molecule has 0 aliphatic rings. The molecule has 2 aromatic heterocycles. The number of aromatic nitrogens is 1. The fraction of sp³-hybridized carbons (Fsp3) is 0.429. The topological polar surface area (TPSA) is 72.6 Å². The maximum atomic E-state index is 12.1. The van der Waals surface area contributed by atoms with Crippen molar-refractivity contribution in [1.29, 1.82) is 0 Å². The van der Waals surface area contributed by atoms with Crippen molar-refractivity contribution in [2.45, 2.75) is 32.3 Å². The van der Waals surface area contributed by atoms with E-state index in [0.29, 0.717) is 16.7 Å². The number of hydrogen-bond acceptors (Lipinski definition) is 5. The molecule has 0 aliphatic heterocycles.